The second kappa shape index (κ2) is 14.8. The minimum Gasteiger partial charge on any atom is -0.480 e. The van der Waals surface area contributed by atoms with Gasteiger partial charge in [-0.25, -0.2) is 4.79 Å². The molecule has 0 bridgehead atoms. The number of likely N-dealkylation sites (tertiary alicyclic amines) is 1. The van der Waals surface area contributed by atoms with Crippen molar-refractivity contribution in [3.63, 3.8) is 0 Å². The Kier molecular flexibility index (Phi) is 12.9. The largest absolute Gasteiger partial charge is 0.480 e. The first-order chi connectivity index (χ1) is 15.6. The standard InChI is InChI=1S/C21H40N6O6/c1-13(28)17(21(32)33)26-18(29)15(8-3-5-11-23)25-19(30)16-9-6-12-27(16)20(31)14(24)7-2-4-10-22/h13-17,28H,2-12,22-24H2,1H3,(H,25,30)(H,26,29)(H,32,33). The number of amides is 3. The Bertz CT molecular complexity index is 661. The van der Waals surface area contributed by atoms with E-state index in [1.165, 1.54) is 11.8 Å². The Morgan fingerprint density at radius 2 is 1.64 bits per heavy atom. The van der Waals surface area contributed by atoms with Crippen molar-refractivity contribution in [3.8, 4) is 0 Å². The van der Waals surface area contributed by atoms with Gasteiger partial charge in [-0.05, 0) is 65.0 Å². The lowest BCUT2D eigenvalue weighted by molar-refractivity contribution is -0.145. The summed E-state index contributed by atoms with van der Waals surface area (Å²) in [6, 6.07) is -4.02. The summed E-state index contributed by atoms with van der Waals surface area (Å²) in [6.45, 7) is 2.57. The highest BCUT2D eigenvalue weighted by atomic mass is 16.4. The quantitative estimate of drug-likeness (QED) is 0.131. The van der Waals surface area contributed by atoms with Crippen LogP contribution in [0.2, 0.25) is 0 Å². The van der Waals surface area contributed by atoms with Gasteiger partial charge in [0.2, 0.25) is 17.7 Å². The number of carboxylic acids is 1. The van der Waals surface area contributed by atoms with E-state index in [0.29, 0.717) is 58.2 Å². The fourth-order valence-corrected chi connectivity index (χ4v) is 3.82. The Labute approximate surface area is 194 Å². The van der Waals surface area contributed by atoms with Crippen LogP contribution in [0.25, 0.3) is 0 Å². The van der Waals surface area contributed by atoms with Crippen molar-refractivity contribution in [2.45, 2.75) is 88.6 Å². The van der Waals surface area contributed by atoms with Crippen molar-refractivity contribution in [2.24, 2.45) is 17.2 Å². The van der Waals surface area contributed by atoms with E-state index in [4.69, 9.17) is 17.2 Å². The van der Waals surface area contributed by atoms with Gasteiger partial charge >= 0.3 is 5.97 Å². The smallest absolute Gasteiger partial charge is 0.328 e. The average Bonchev–Trinajstić information content (AvgIpc) is 3.25. The molecule has 0 spiro atoms. The minimum atomic E-state index is -1.51. The van der Waals surface area contributed by atoms with Crippen LogP contribution in [-0.2, 0) is 19.2 Å². The van der Waals surface area contributed by atoms with Gasteiger partial charge in [0.05, 0.1) is 12.1 Å². The number of aliphatic hydroxyl groups is 1. The molecule has 12 heteroatoms. The molecule has 1 fully saturated rings. The van der Waals surface area contributed by atoms with Crippen LogP contribution in [0.1, 0.15) is 58.3 Å². The maximum absolute atomic E-state index is 13.0. The van der Waals surface area contributed by atoms with Gasteiger partial charge in [-0.15, -0.1) is 0 Å². The molecule has 3 amide bonds. The van der Waals surface area contributed by atoms with Gasteiger partial charge in [-0.1, -0.05) is 6.42 Å². The number of carboxylic acid groups (broad SMARTS) is 1. The molecule has 33 heavy (non-hydrogen) atoms. The van der Waals surface area contributed by atoms with Crippen molar-refractivity contribution in [3.05, 3.63) is 0 Å². The lowest BCUT2D eigenvalue weighted by Crippen LogP contribution is -2.57. The highest BCUT2D eigenvalue weighted by molar-refractivity contribution is 5.94. The SMILES string of the molecule is CC(O)C(NC(=O)C(CCCCN)NC(=O)C1CCCN1C(=O)C(N)CCCCN)C(=O)O. The zero-order valence-electron chi connectivity index (χ0n) is 19.4. The number of aliphatic hydroxyl groups excluding tert-OH is 1. The Morgan fingerprint density at radius 3 is 2.18 bits per heavy atom. The molecular weight excluding hydrogens is 432 g/mol. The van der Waals surface area contributed by atoms with E-state index in [9.17, 15) is 29.4 Å². The van der Waals surface area contributed by atoms with Gasteiger partial charge in [0, 0.05) is 6.54 Å². The monoisotopic (exact) mass is 472 g/mol. The second-order valence-electron chi connectivity index (χ2n) is 8.49. The second-order valence-corrected chi connectivity index (χ2v) is 8.49. The average molecular weight is 473 g/mol. The lowest BCUT2D eigenvalue weighted by Gasteiger charge is -2.29. The summed E-state index contributed by atoms with van der Waals surface area (Å²) in [4.78, 5) is 51.3. The van der Waals surface area contributed by atoms with Crippen molar-refractivity contribution in [1.29, 1.82) is 0 Å². The van der Waals surface area contributed by atoms with Crippen molar-refractivity contribution in [1.82, 2.24) is 15.5 Å². The summed E-state index contributed by atoms with van der Waals surface area (Å²) in [5.41, 5.74) is 17.0. The molecule has 1 saturated heterocycles. The Morgan fingerprint density at radius 1 is 1.03 bits per heavy atom. The molecule has 0 aromatic rings. The summed E-state index contributed by atoms with van der Waals surface area (Å²) < 4.78 is 0. The normalized spacial score (nSPS) is 19.4. The zero-order valence-corrected chi connectivity index (χ0v) is 19.4. The van der Waals surface area contributed by atoms with Crippen molar-refractivity contribution in [2.75, 3.05) is 19.6 Å². The fourth-order valence-electron chi connectivity index (χ4n) is 3.82. The lowest BCUT2D eigenvalue weighted by atomic mass is 10.1. The molecule has 190 valence electrons. The molecular formula is C21H40N6O6. The summed E-state index contributed by atoms with van der Waals surface area (Å²) in [5.74, 6) is -2.91. The number of aliphatic carboxylic acids is 1. The van der Waals surface area contributed by atoms with Crippen molar-refractivity contribution >= 4 is 23.7 Å². The van der Waals surface area contributed by atoms with Crippen LogP contribution >= 0.6 is 0 Å². The summed E-state index contributed by atoms with van der Waals surface area (Å²) in [7, 11) is 0. The predicted molar refractivity (Wildman–Crippen MR) is 122 cm³/mol. The molecule has 0 saturated carbocycles. The van der Waals surface area contributed by atoms with Crippen LogP contribution in [0.15, 0.2) is 0 Å². The van der Waals surface area contributed by atoms with Gasteiger partial charge in [0.25, 0.3) is 0 Å². The molecule has 1 rings (SSSR count). The van der Waals surface area contributed by atoms with Crippen LogP contribution in [0.5, 0.6) is 0 Å². The van der Waals surface area contributed by atoms with Crippen LogP contribution in [0.3, 0.4) is 0 Å². The number of nitrogens with two attached hydrogens (primary N) is 3. The third kappa shape index (κ3) is 9.24. The van der Waals surface area contributed by atoms with Gasteiger partial charge in [-0.2, -0.15) is 0 Å². The molecule has 0 aromatic carbocycles. The number of rotatable bonds is 15. The maximum Gasteiger partial charge on any atom is 0.328 e. The third-order valence-electron chi connectivity index (χ3n) is 5.75. The van der Waals surface area contributed by atoms with E-state index in [0.717, 1.165) is 6.42 Å². The summed E-state index contributed by atoms with van der Waals surface area (Å²) in [6.07, 6.45) is 3.07. The third-order valence-corrected chi connectivity index (χ3v) is 5.75. The van der Waals surface area contributed by atoms with Gasteiger partial charge in [-0.3, -0.25) is 14.4 Å². The van der Waals surface area contributed by atoms with Crippen LogP contribution in [0.4, 0.5) is 0 Å². The molecule has 0 radical (unpaired) electrons. The first kappa shape index (κ1) is 28.8. The van der Waals surface area contributed by atoms with Gasteiger partial charge in [0.1, 0.15) is 12.1 Å². The molecule has 1 heterocycles. The molecule has 1 aliphatic heterocycles. The van der Waals surface area contributed by atoms with E-state index in [-0.39, 0.29) is 12.3 Å². The zero-order chi connectivity index (χ0) is 25.0. The molecule has 5 unspecified atom stereocenters. The Balaban J connectivity index is 2.86. The molecule has 5 atom stereocenters. The van der Waals surface area contributed by atoms with E-state index >= 15 is 0 Å². The summed E-state index contributed by atoms with van der Waals surface area (Å²) in [5, 5.41) is 23.8. The molecule has 0 aliphatic carbocycles. The van der Waals surface area contributed by atoms with E-state index in [1.54, 1.807) is 0 Å². The predicted octanol–water partition coefficient (Wildman–Crippen LogP) is -2.00. The fraction of sp³-hybridized carbons (Fsp3) is 0.810. The number of unbranched alkanes of at least 4 members (excludes halogenated alkanes) is 2. The molecule has 1 aliphatic rings. The van der Waals surface area contributed by atoms with Crippen LogP contribution in [0, 0.1) is 0 Å². The van der Waals surface area contributed by atoms with Gasteiger partial charge < -0.3 is 42.9 Å². The first-order valence-electron chi connectivity index (χ1n) is 11.6. The highest BCUT2D eigenvalue weighted by Gasteiger charge is 2.38. The van der Waals surface area contributed by atoms with E-state index < -0.39 is 48.1 Å². The van der Waals surface area contributed by atoms with E-state index in [2.05, 4.69) is 10.6 Å². The van der Waals surface area contributed by atoms with E-state index in [1.807, 2.05) is 0 Å². The van der Waals surface area contributed by atoms with Crippen molar-refractivity contribution < 1.29 is 29.4 Å². The Hall–Kier alpha value is -2.28. The highest BCUT2D eigenvalue weighted by Crippen LogP contribution is 2.20. The number of carbonyl (C=O) groups excluding carboxylic acids is 3. The first-order valence-corrected chi connectivity index (χ1v) is 11.6. The van der Waals surface area contributed by atoms with Crippen LogP contribution in [-0.4, -0.2) is 88.7 Å². The number of nitrogens with one attached hydrogen (secondary N) is 2. The molecule has 12 nitrogen and oxygen atoms in total. The van der Waals surface area contributed by atoms with Gasteiger partial charge in [0.15, 0.2) is 6.04 Å². The maximum atomic E-state index is 13.0. The molecule has 10 N–H and O–H groups in total. The number of nitrogens with zero attached hydrogens (tertiary/aromatic N) is 1. The number of hydrogen-bond acceptors (Lipinski definition) is 8. The minimum absolute atomic E-state index is 0.236. The number of hydrogen-bond donors (Lipinski definition) is 7. The van der Waals surface area contributed by atoms with Crippen LogP contribution < -0.4 is 27.8 Å². The topological polar surface area (TPSA) is 214 Å². The number of carbonyl (C=O) groups is 4. The summed E-state index contributed by atoms with van der Waals surface area (Å²) >= 11 is 0. The molecule has 0 aromatic heterocycles.